The number of ether oxygens (including phenoxy) is 3. The minimum Gasteiger partial charge on any atom is -0.493 e. The molecule has 0 bridgehead atoms. The van der Waals surface area contributed by atoms with Crippen LogP contribution in [0, 0.1) is 5.82 Å². The van der Waals surface area contributed by atoms with E-state index in [1.165, 1.54) is 6.07 Å². The molecule has 0 saturated heterocycles. The van der Waals surface area contributed by atoms with E-state index in [1.807, 2.05) is 13.0 Å². The molecule has 22 heavy (non-hydrogen) atoms. The second-order valence-electron chi connectivity index (χ2n) is 4.80. The Kier molecular flexibility index (Phi) is 5.09. The lowest BCUT2D eigenvalue weighted by Gasteiger charge is -2.19. The molecule has 2 aromatic carbocycles. The minimum absolute atomic E-state index is 0.205. The average molecular weight is 305 g/mol. The molecule has 2 rings (SSSR count). The fraction of sp³-hybridized carbons (Fsp3) is 0.294. The van der Waals surface area contributed by atoms with Crippen LogP contribution in [-0.4, -0.2) is 21.3 Å². The van der Waals surface area contributed by atoms with Crippen LogP contribution in [0.1, 0.15) is 18.5 Å². The van der Waals surface area contributed by atoms with Crippen molar-refractivity contribution in [2.75, 3.05) is 26.6 Å². The van der Waals surface area contributed by atoms with E-state index in [1.54, 1.807) is 45.6 Å². The number of benzene rings is 2. The molecule has 0 aliphatic rings. The fourth-order valence-electron chi connectivity index (χ4n) is 2.32. The molecule has 118 valence electrons. The van der Waals surface area contributed by atoms with E-state index in [0.717, 1.165) is 5.69 Å². The van der Waals surface area contributed by atoms with E-state index in [2.05, 4.69) is 5.32 Å². The van der Waals surface area contributed by atoms with E-state index >= 15 is 0 Å². The van der Waals surface area contributed by atoms with Gasteiger partial charge >= 0.3 is 0 Å². The van der Waals surface area contributed by atoms with Crippen molar-refractivity contribution in [2.45, 2.75) is 13.0 Å². The zero-order valence-electron chi connectivity index (χ0n) is 13.1. The molecule has 0 heterocycles. The van der Waals surface area contributed by atoms with Gasteiger partial charge in [0, 0.05) is 23.4 Å². The quantitative estimate of drug-likeness (QED) is 0.875. The predicted molar refractivity (Wildman–Crippen MR) is 84.5 cm³/mol. The lowest BCUT2D eigenvalue weighted by Crippen LogP contribution is -2.09. The Morgan fingerprint density at radius 1 is 0.955 bits per heavy atom. The van der Waals surface area contributed by atoms with E-state index in [4.69, 9.17) is 14.2 Å². The Morgan fingerprint density at radius 3 is 2.05 bits per heavy atom. The Morgan fingerprint density at radius 2 is 1.55 bits per heavy atom. The van der Waals surface area contributed by atoms with Gasteiger partial charge in [0.05, 0.1) is 27.4 Å². The van der Waals surface area contributed by atoms with Crippen molar-refractivity contribution in [3.8, 4) is 17.2 Å². The molecule has 0 amide bonds. The van der Waals surface area contributed by atoms with Gasteiger partial charge in [0.15, 0.2) is 11.5 Å². The second-order valence-corrected chi connectivity index (χ2v) is 4.80. The highest BCUT2D eigenvalue weighted by Gasteiger charge is 2.15. The van der Waals surface area contributed by atoms with Gasteiger partial charge in [-0.05, 0) is 13.0 Å². The van der Waals surface area contributed by atoms with Crippen LogP contribution in [0.4, 0.5) is 10.1 Å². The second kappa shape index (κ2) is 7.02. The molecular weight excluding hydrogens is 285 g/mol. The van der Waals surface area contributed by atoms with E-state index in [-0.39, 0.29) is 11.9 Å². The Balaban J connectivity index is 2.31. The smallest absolute Gasteiger partial charge is 0.203 e. The molecule has 0 radical (unpaired) electrons. The lowest BCUT2D eigenvalue weighted by molar-refractivity contribution is 0.324. The molecule has 5 heteroatoms. The molecule has 1 N–H and O–H groups in total. The molecule has 0 aromatic heterocycles. The van der Waals surface area contributed by atoms with Crippen molar-refractivity contribution >= 4 is 5.69 Å². The molecule has 1 atom stereocenters. The largest absolute Gasteiger partial charge is 0.493 e. The van der Waals surface area contributed by atoms with Gasteiger partial charge in [-0.3, -0.25) is 0 Å². The molecular formula is C17H20FNO3. The van der Waals surface area contributed by atoms with Gasteiger partial charge in [-0.2, -0.15) is 0 Å². The van der Waals surface area contributed by atoms with Crippen molar-refractivity contribution in [3.63, 3.8) is 0 Å². The van der Waals surface area contributed by atoms with Crippen molar-refractivity contribution in [1.29, 1.82) is 0 Å². The molecule has 0 aliphatic carbocycles. The van der Waals surface area contributed by atoms with Gasteiger partial charge in [-0.15, -0.1) is 0 Å². The first-order chi connectivity index (χ1) is 10.6. The Hall–Kier alpha value is -2.43. The minimum atomic E-state index is -0.241. The summed E-state index contributed by atoms with van der Waals surface area (Å²) in [6.45, 7) is 1.89. The molecule has 2 aromatic rings. The third-order valence-corrected chi connectivity index (χ3v) is 3.42. The average Bonchev–Trinajstić information content (AvgIpc) is 2.54. The number of methoxy groups -OCH3 is 3. The van der Waals surface area contributed by atoms with Gasteiger partial charge in [-0.25, -0.2) is 4.39 Å². The number of rotatable bonds is 6. The van der Waals surface area contributed by atoms with Crippen LogP contribution in [0.5, 0.6) is 17.2 Å². The third kappa shape index (κ3) is 3.24. The topological polar surface area (TPSA) is 39.7 Å². The van der Waals surface area contributed by atoms with Gasteiger partial charge in [0.25, 0.3) is 0 Å². The normalized spacial score (nSPS) is 11.7. The summed E-state index contributed by atoms with van der Waals surface area (Å²) in [5, 5.41) is 3.24. The maximum Gasteiger partial charge on any atom is 0.203 e. The SMILES string of the molecule is COc1cc(NC(C)c2ccccc2F)cc(OC)c1OC. The lowest BCUT2D eigenvalue weighted by atomic mass is 10.1. The van der Waals surface area contributed by atoms with E-state index in [9.17, 15) is 4.39 Å². The van der Waals surface area contributed by atoms with Crippen LogP contribution in [-0.2, 0) is 0 Å². The van der Waals surface area contributed by atoms with Crippen LogP contribution in [0.2, 0.25) is 0 Å². The third-order valence-electron chi connectivity index (χ3n) is 3.42. The van der Waals surface area contributed by atoms with E-state index < -0.39 is 0 Å². The number of anilines is 1. The fourth-order valence-corrected chi connectivity index (χ4v) is 2.32. The predicted octanol–water partition coefficient (Wildman–Crippen LogP) is 4.02. The van der Waals surface area contributed by atoms with Crippen LogP contribution in [0.25, 0.3) is 0 Å². The van der Waals surface area contributed by atoms with Crippen molar-refractivity contribution in [3.05, 3.63) is 47.8 Å². The van der Waals surface area contributed by atoms with Gasteiger partial charge in [0.1, 0.15) is 5.82 Å². The van der Waals surface area contributed by atoms with Gasteiger partial charge < -0.3 is 19.5 Å². The summed E-state index contributed by atoms with van der Waals surface area (Å²) in [7, 11) is 4.66. The summed E-state index contributed by atoms with van der Waals surface area (Å²) in [4.78, 5) is 0. The van der Waals surface area contributed by atoms with Gasteiger partial charge in [-0.1, -0.05) is 18.2 Å². The first-order valence-electron chi connectivity index (χ1n) is 6.91. The van der Waals surface area contributed by atoms with Crippen molar-refractivity contribution in [2.24, 2.45) is 0 Å². The summed E-state index contributed by atoms with van der Waals surface area (Å²) in [5.41, 5.74) is 1.35. The van der Waals surface area contributed by atoms with Crippen molar-refractivity contribution < 1.29 is 18.6 Å². The highest BCUT2D eigenvalue weighted by molar-refractivity contribution is 5.63. The standard InChI is InChI=1S/C17H20FNO3/c1-11(13-7-5-6-8-14(13)18)19-12-9-15(20-2)17(22-4)16(10-12)21-3/h5-11,19H,1-4H3. The maximum atomic E-state index is 13.8. The molecule has 4 nitrogen and oxygen atoms in total. The highest BCUT2D eigenvalue weighted by atomic mass is 19.1. The Bertz CT molecular complexity index is 621. The zero-order valence-corrected chi connectivity index (χ0v) is 13.1. The maximum absolute atomic E-state index is 13.8. The highest BCUT2D eigenvalue weighted by Crippen LogP contribution is 2.40. The number of halogens is 1. The molecule has 1 unspecified atom stereocenters. The summed E-state index contributed by atoms with van der Waals surface area (Å²) >= 11 is 0. The summed E-state index contributed by atoms with van der Waals surface area (Å²) in [5.74, 6) is 1.37. The summed E-state index contributed by atoms with van der Waals surface area (Å²) < 4.78 is 29.7. The van der Waals surface area contributed by atoms with Gasteiger partial charge in [0.2, 0.25) is 5.75 Å². The molecule has 0 aliphatic heterocycles. The molecule has 0 saturated carbocycles. The van der Waals surface area contributed by atoms with Crippen LogP contribution < -0.4 is 19.5 Å². The Labute approximate surface area is 129 Å². The van der Waals surface area contributed by atoms with Crippen LogP contribution in [0.3, 0.4) is 0 Å². The summed E-state index contributed by atoms with van der Waals surface area (Å²) in [6.07, 6.45) is 0. The summed E-state index contributed by atoms with van der Waals surface area (Å²) in [6, 6.07) is 10.1. The zero-order chi connectivity index (χ0) is 16.1. The van der Waals surface area contributed by atoms with Crippen LogP contribution in [0.15, 0.2) is 36.4 Å². The van der Waals surface area contributed by atoms with Crippen LogP contribution >= 0.6 is 0 Å². The van der Waals surface area contributed by atoms with E-state index in [0.29, 0.717) is 22.8 Å². The van der Waals surface area contributed by atoms with Crippen molar-refractivity contribution in [1.82, 2.24) is 0 Å². The molecule has 0 fully saturated rings. The number of hydrogen-bond donors (Lipinski definition) is 1. The monoisotopic (exact) mass is 305 g/mol. The number of hydrogen-bond acceptors (Lipinski definition) is 4. The first-order valence-corrected chi connectivity index (χ1v) is 6.91. The first kappa shape index (κ1) is 15.9. The number of nitrogens with one attached hydrogen (secondary N) is 1. The molecule has 0 spiro atoms.